The Morgan fingerprint density at radius 2 is 2.32 bits per heavy atom. The first kappa shape index (κ1) is 13.8. The quantitative estimate of drug-likeness (QED) is 0.826. The summed E-state index contributed by atoms with van der Waals surface area (Å²) in [4.78, 5) is 28.9. The Morgan fingerprint density at radius 1 is 1.58 bits per heavy atom. The number of nitrogens with two attached hydrogens (primary N) is 1. The number of pyridine rings is 1. The molecule has 1 saturated heterocycles. The van der Waals surface area contributed by atoms with Crippen molar-refractivity contribution in [2.45, 2.75) is 20.3 Å². The standard InChI is InChI=1S/C14H21N3O2/c1-9-3-4-17(8-11(9)6-15)14(19)12-7-16-10(2)5-13(12)18/h5,7,9,11H,3-4,6,8,15H2,1-2H3,(H,16,18). The zero-order chi connectivity index (χ0) is 14.0. The highest BCUT2D eigenvalue weighted by Crippen LogP contribution is 2.22. The van der Waals surface area contributed by atoms with Crippen LogP contribution in [0, 0.1) is 18.8 Å². The molecule has 1 aliphatic heterocycles. The van der Waals surface area contributed by atoms with Crippen LogP contribution in [-0.2, 0) is 0 Å². The molecule has 2 unspecified atom stereocenters. The molecule has 1 fully saturated rings. The molecule has 5 nitrogen and oxygen atoms in total. The summed E-state index contributed by atoms with van der Waals surface area (Å²) >= 11 is 0. The maximum Gasteiger partial charge on any atom is 0.259 e. The molecule has 0 aromatic carbocycles. The number of carbonyl (C=O) groups is 1. The summed E-state index contributed by atoms with van der Waals surface area (Å²) in [6.07, 6.45) is 2.45. The number of nitrogens with one attached hydrogen (secondary N) is 1. The number of likely N-dealkylation sites (tertiary alicyclic amines) is 1. The highest BCUT2D eigenvalue weighted by atomic mass is 16.2. The molecule has 2 atom stereocenters. The lowest BCUT2D eigenvalue weighted by molar-refractivity contribution is 0.0617. The van der Waals surface area contributed by atoms with Crippen LogP contribution >= 0.6 is 0 Å². The van der Waals surface area contributed by atoms with Crippen molar-refractivity contribution < 1.29 is 4.79 Å². The van der Waals surface area contributed by atoms with Crippen molar-refractivity contribution in [3.63, 3.8) is 0 Å². The van der Waals surface area contributed by atoms with Gasteiger partial charge in [0.1, 0.15) is 5.56 Å². The summed E-state index contributed by atoms with van der Waals surface area (Å²) in [5, 5.41) is 0. The lowest BCUT2D eigenvalue weighted by Gasteiger charge is -2.36. The topological polar surface area (TPSA) is 79.2 Å². The van der Waals surface area contributed by atoms with Gasteiger partial charge in [0.2, 0.25) is 0 Å². The van der Waals surface area contributed by atoms with Gasteiger partial charge in [0.05, 0.1) is 0 Å². The van der Waals surface area contributed by atoms with Crippen molar-refractivity contribution in [3.05, 3.63) is 33.7 Å². The predicted octanol–water partition coefficient (Wildman–Crippen LogP) is 0.740. The smallest absolute Gasteiger partial charge is 0.259 e. The second-order valence-corrected chi connectivity index (χ2v) is 5.41. The molecule has 0 aliphatic carbocycles. The molecule has 2 rings (SSSR count). The molecule has 104 valence electrons. The van der Waals surface area contributed by atoms with Crippen molar-refractivity contribution in [2.24, 2.45) is 17.6 Å². The van der Waals surface area contributed by atoms with Gasteiger partial charge in [-0.05, 0) is 31.7 Å². The fourth-order valence-corrected chi connectivity index (χ4v) is 2.55. The first-order valence-corrected chi connectivity index (χ1v) is 6.71. The van der Waals surface area contributed by atoms with E-state index in [4.69, 9.17) is 5.73 Å². The number of carbonyl (C=O) groups excluding carboxylic acids is 1. The average Bonchev–Trinajstić information content (AvgIpc) is 2.38. The molecule has 1 aromatic heterocycles. The molecule has 2 heterocycles. The number of rotatable bonds is 2. The maximum absolute atomic E-state index is 12.4. The van der Waals surface area contributed by atoms with E-state index >= 15 is 0 Å². The van der Waals surface area contributed by atoms with Gasteiger partial charge < -0.3 is 15.6 Å². The minimum absolute atomic E-state index is 0.188. The van der Waals surface area contributed by atoms with Crippen molar-refractivity contribution >= 4 is 5.91 Å². The molecular formula is C14H21N3O2. The van der Waals surface area contributed by atoms with Crippen molar-refractivity contribution in [2.75, 3.05) is 19.6 Å². The molecule has 1 aliphatic rings. The largest absolute Gasteiger partial charge is 0.364 e. The van der Waals surface area contributed by atoms with Gasteiger partial charge in [-0.2, -0.15) is 0 Å². The first-order chi connectivity index (χ1) is 9.02. The van der Waals surface area contributed by atoms with E-state index in [0.29, 0.717) is 31.5 Å². The highest BCUT2D eigenvalue weighted by molar-refractivity contribution is 5.93. The highest BCUT2D eigenvalue weighted by Gasteiger charge is 2.29. The van der Waals surface area contributed by atoms with E-state index in [0.717, 1.165) is 12.1 Å². The third kappa shape index (κ3) is 2.87. The number of hydrogen-bond donors (Lipinski definition) is 2. The van der Waals surface area contributed by atoms with Gasteiger partial charge in [-0.1, -0.05) is 6.92 Å². The Morgan fingerprint density at radius 3 is 2.95 bits per heavy atom. The number of H-pyrrole nitrogens is 1. The van der Waals surface area contributed by atoms with Crippen molar-refractivity contribution in [3.8, 4) is 0 Å². The first-order valence-electron chi connectivity index (χ1n) is 6.71. The van der Waals surface area contributed by atoms with E-state index in [1.807, 2.05) is 0 Å². The summed E-state index contributed by atoms with van der Waals surface area (Å²) in [6, 6.07) is 1.46. The second kappa shape index (κ2) is 5.57. The number of hydrogen-bond acceptors (Lipinski definition) is 3. The monoisotopic (exact) mass is 263 g/mol. The zero-order valence-electron chi connectivity index (χ0n) is 11.5. The van der Waals surface area contributed by atoms with Crippen LogP contribution in [-0.4, -0.2) is 35.4 Å². The van der Waals surface area contributed by atoms with E-state index in [9.17, 15) is 9.59 Å². The van der Waals surface area contributed by atoms with Gasteiger partial charge in [-0.15, -0.1) is 0 Å². The lowest BCUT2D eigenvalue weighted by atomic mass is 9.87. The molecule has 0 bridgehead atoms. The molecule has 1 aromatic rings. The minimum atomic E-state index is -0.218. The average molecular weight is 263 g/mol. The number of aromatic amines is 1. The second-order valence-electron chi connectivity index (χ2n) is 5.41. The van der Waals surface area contributed by atoms with Crippen LogP contribution in [0.3, 0.4) is 0 Å². The summed E-state index contributed by atoms with van der Waals surface area (Å²) in [5.41, 5.74) is 6.50. The molecular weight excluding hydrogens is 242 g/mol. The number of aryl methyl sites for hydroxylation is 1. The lowest BCUT2D eigenvalue weighted by Crippen LogP contribution is -2.46. The third-order valence-corrected chi connectivity index (χ3v) is 3.99. The third-order valence-electron chi connectivity index (χ3n) is 3.99. The van der Waals surface area contributed by atoms with Crippen molar-refractivity contribution in [1.82, 2.24) is 9.88 Å². The predicted molar refractivity (Wildman–Crippen MR) is 74.0 cm³/mol. The Bertz CT molecular complexity index is 524. The van der Waals surface area contributed by atoms with E-state index in [1.165, 1.54) is 12.3 Å². The van der Waals surface area contributed by atoms with Crippen LogP contribution in [0.15, 0.2) is 17.1 Å². The zero-order valence-corrected chi connectivity index (χ0v) is 11.5. The Hall–Kier alpha value is -1.62. The van der Waals surface area contributed by atoms with Crippen LogP contribution in [0.5, 0.6) is 0 Å². The number of nitrogens with zero attached hydrogens (tertiary/aromatic N) is 1. The molecule has 19 heavy (non-hydrogen) atoms. The summed E-state index contributed by atoms with van der Waals surface area (Å²) in [6.45, 7) is 5.88. The van der Waals surface area contributed by atoms with E-state index in [1.54, 1.807) is 11.8 Å². The number of piperidine rings is 1. The minimum Gasteiger partial charge on any atom is -0.364 e. The van der Waals surface area contributed by atoms with Crippen molar-refractivity contribution in [1.29, 1.82) is 0 Å². The normalized spacial score (nSPS) is 23.4. The van der Waals surface area contributed by atoms with E-state index in [2.05, 4.69) is 11.9 Å². The number of aromatic nitrogens is 1. The van der Waals surface area contributed by atoms with Crippen LogP contribution < -0.4 is 11.2 Å². The van der Waals surface area contributed by atoms with Crippen LogP contribution in [0.1, 0.15) is 29.4 Å². The fraction of sp³-hybridized carbons (Fsp3) is 0.571. The molecule has 5 heteroatoms. The van der Waals surface area contributed by atoms with E-state index in [-0.39, 0.29) is 16.9 Å². The van der Waals surface area contributed by atoms with Gasteiger partial charge in [0, 0.05) is 31.0 Å². The van der Waals surface area contributed by atoms with E-state index < -0.39 is 0 Å². The summed E-state index contributed by atoms with van der Waals surface area (Å²) in [5.74, 6) is 0.666. The van der Waals surface area contributed by atoms with Gasteiger partial charge >= 0.3 is 0 Å². The van der Waals surface area contributed by atoms with Crippen LogP contribution in [0.25, 0.3) is 0 Å². The Kier molecular flexibility index (Phi) is 4.04. The maximum atomic E-state index is 12.4. The Labute approximate surface area is 112 Å². The summed E-state index contributed by atoms with van der Waals surface area (Å²) in [7, 11) is 0. The van der Waals surface area contributed by atoms with Gasteiger partial charge in [-0.25, -0.2) is 0 Å². The molecule has 0 radical (unpaired) electrons. The number of amides is 1. The van der Waals surface area contributed by atoms with Gasteiger partial charge in [0.25, 0.3) is 5.91 Å². The molecule has 0 spiro atoms. The molecule has 0 saturated carbocycles. The molecule has 3 N–H and O–H groups in total. The van der Waals surface area contributed by atoms with Gasteiger partial charge in [-0.3, -0.25) is 9.59 Å². The van der Waals surface area contributed by atoms with Crippen LogP contribution in [0.2, 0.25) is 0 Å². The SMILES string of the molecule is Cc1cc(=O)c(C(=O)N2CCC(C)C(CN)C2)c[nH]1. The fourth-order valence-electron chi connectivity index (χ4n) is 2.55. The van der Waals surface area contributed by atoms with Crippen LogP contribution in [0.4, 0.5) is 0 Å². The Balaban J connectivity index is 2.18. The molecule has 1 amide bonds. The summed E-state index contributed by atoms with van der Waals surface area (Å²) < 4.78 is 0. The van der Waals surface area contributed by atoms with Gasteiger partial charge in [0.15, 0.2) is 5.43 Å².